The van der Waals surface area contributed by atoms with Gasteiger partial charge < -0.3 is 14.4 Å². The van der Waals surface area contributed by atoms with Gasteiger partial charge in [0.2, 0.25) is 6.79 Å². The van der Waals surface area contributed by atoms with Crippen LogP contribution in [0.4, 0.5) is 5.69 Å². The second kappa shape index (κ2) is 6.84. The summed E-state index contributed by atoms with van der Waals surface area (Å²) in [6.07, 6.45) is 3.89. The number of hydrogen-bond donors (Lipinski definition) is 0. The molecular weight excluding hydrogens is 324 g/mol. The molecule has 0 aromatic heterocycles. The van der Waals surface area contributed by atoms with Crippen LogP contribution in [-0.2, 0) is 6.42 Å². The first kappa shape index (κ1) is 16.0. The Morgan fingerprint density at radius 1 is 0.923 bits per heavy atom. The molecule has 1 aliphatic carbocycles. The van der Waals surface area contributed by atoms with Crippen molar-refractivity contribution in [3.63, 3.8) is 0 Å². The zero-order valence-electron chi connectivity index (χ0n) is 15.2. The van der Waals surface area contributed by atoms with E-state index >= 15 is 0 Å². The molecule has 0 amide bonds. The van der Waals surface area contributed by atoms with E-state index in [2.05, 4.69) is 46.2 Å². The third kappa shape index (κ3) is 3.03. The Bertz CT molecular complexity index is 783. The normalized spacial score (nSPS) is 21.8. The molecule has 26 heavy (non-hydrogen) atoms. The van der Waals surface area contributed by atoms with Crippen molar-refractivity contribution in [3.8, 4) is 11.5 Å². The number of aryl methyl sites for hydroxylation is 1. The predicted molar refractivity (Wildman–Crippen MR) is 103 cm³/mol. The van der Waals surface area contributed by atoms with Gasteiger partial charge in [0, 0.05) is 37.9 Å². The van der Waals surface area contributed by atoms with Gasteiger partial charge in [-0.05, 0) is 55.0 Å². The van der Waals surface area contributed by atoms with Gasteiger partial charge in [0.1, 0.15) is 0 Å². The number of nitrogens with zero attached hydrogens (tertiary/aromatic N) is 2. The van der Waals surface area contributed by atoms with Gasteiger partial charge in [0.05, 0.1) is 0 Å². The van der Waals surface area contributed by atoms with E-state index < -0.39 is 0 Å². The van der Waals surface area contributed by atoms with Crippen molar-refractivity contribution in [2.75, 3.05) is 44.4 Å². The van der Waals surface area contributed by atoms with Gasteiger partial charge in [0.25, 0.3) is 0 Å². The summed E-state index contributed by atoms with van der Waals surface area (Å²) in [4.78, 5) is 5.09. The molecule has 2 aliphatic heterocycles. The fourth-order valence-corrected chi connectivity index (χ4v) is 4.60. The minimum atomic E-state index is 0.344. The van der Waals surface area contributed by atoms with Crippen molar-refractivity contribution in [1.29, 1.82) is 0 Å². The van der Waals surface area contributed by atoms with Gasteiger partial charge in [0.15, 0.2) is 11.5 Å². The molecule has 136 valence electrons. The fourth-order valence-electron chi connectivity index (χ4n) is 4.60. The first-order valence-corrected chi connectivity index (χ1v) is 9.81. The minimum absolute atomic E-state index is 0.344. The second-order valence-electron chi connectivity index (χ2n) is 7.59. The molecule has 1 atom stereocenters. The molecule has 3 aliphatic rings. The summed E-state index contributed by atoms with van der Waals surface area (Å²) in [5.41, 5.74) is 4.43. The largest absolute Gasteiger partial charge is 0.454 e. The first-order valence-electron chi connectivity index (χ1n) is 9.81. The maximum Gasteiger partial charge on any atom is 0.231 e. The highest BCUT2D eigenvalue weighted by molar-refractivity contribution is 5.57. The summed E-state index contributed by atoms with van der Waals surface area (Å²) in [6.45, 7) is 6.01. The van der Waals surface area contributed by atoms with E-state index in [1.54, 1.807) is 11.1 Å². The number of fused-ring (bicyclic) bond motifs is 2. The average Bonchev–Trinajstić information content (AvgIpc) is 3.33. The van der Waals surface area contributed by atoms with Crippen molar-refractivity contribution in [3.05, 3.63) is 53.6 Å². The van der Waals surface area contributed by atoms with Crippen LogP contribution in [0.1, 0.15) is 29.9 Å². The summed E-state index contributed by atoms with van der Waals surface area (Å²) in [5, 5.41) is 0. The molecule has 1 saturated heterocycles. The Kier molecular flexibility index (Phi) is 4.21. The predicted octanol–water partition coefficient (Wildman–Crippen LogP) is 3.66. The molecule has 1 fully saturated rings. The van der Waals surface area contributed by atoms with Crippen LogP contribution in [0, 0.1) is 0 Å². The van der Waals surface area contributed by atoms with E-state index in [4.69, 9.17) is 9.47 Å². The summed E-state index contributed by atoms with van der Waals surface area (Å²) in [5.74, 6) is 2.51. The maximum absolute atomic E-state index is 5.52. The molecule has 5 rings (SSSR count). The average molecular weight is 350 g/mol. The molecule has 4 nitrogen and oxygen atoms in total. The molecule has 0 bridgehead atoms. The number of anilines is 1. The van der Waals surface area contributed by atoms with Gasteiger partial charge in [-0.25, -0.2) is 0 Å². The Morgan fingerprint density at radius 3 is 2.69 bits per heavy atom. The van der Waals surface area contributed by atoms with E-state index in [-0.39, 0.29) is 0 Å². The fraction of sp³-hybridized carbons (Fsp3) is 0.455. The molecule has 0 radical (unpaired) electrons. The number of benzene rings is 2. The van der Waals surface area contributed by atoms with Crippen molar-refractivity contribution in [1.82, 2.24) is 4.90 Å². The molecule has 1 unspecified atom stereocenters. The third-order valence-corrected chi connectivity index (χ3v) is 6.14. The number of piperazine rings is 1. The van der Waals surface area contributed by atoms with E-state index in [1.165, 1.54) is 31.5 Å². The lowest BCUT2D eigenvalue weighted by Crippen LogP contribution is -2.46. The van der Waals surface area contributed by atoms with Crippen molar-refractivity contribution < 1.29 is 9.47 Å². The van der Waals surface area contributed by atoms with Gasteiger partial charge in [-0.1, -0.05) is 24.3 Å². The highest BCUT2D eigenvalue weighted by Crippen LogP contribution is 2.37. The van der Waals surface area contributed by atoms with Crippen molar-refractivity contribution in [2.24, 2.45) is 0 Å². The SMILES string of the molecule is c1ccc2c(c1)CCC2CCN1CCN(c2ccc3c(c2)OCO3)CC1. The molecule has 0 N–H and O–H groups in total. The summed E-state index contributed by atoms with van der Waals surface area (Å²) < 4.78 is 10.9. The lowest BCUT2D eigenvalue weighted by atomic mass is 9.97. The van der Waals surface area contributed by atoms with Crippen molar-refractivity contribution >= 4 is 5.69 Å². The smallest absolute Gasteiger partial charge is 0.231 e. The molecule has 4 heteroatoms. The number of ether oxygens (including phenoxy) is 2. The molecule has 0 spiro atoms. The molecule has 2 aromatic rings. The van der Waals surface area contributed by atoms with Crippen LogP contribution in [0.2, 0.25) is 0 Å². The first-order chi connectivity index (χ1) is 12.9. The topological polar surface area (TPSA) is 24.9 Å². The standard InChI is InChI=1S/C22H26N2O2/c1-2-4-20-17(3-1)5-6-18(20)9-10-23-11-13-24(14-12-23)19-7-8-21-22(15-19)26-16-25-21/h1-4,7-8,15,18H,5-6,9-14,16H2. The van der Waals surface area contributed by atoms with Gasteiger partial charge in [-0.3, -0.25) is 4.90 Å². The lowest BCUT2D eigenvalue weighted by Gasteiger charge is -2.36. The van der Waals surface area contributed by atoms with E-state index in [1.807, 2.05) is 6.07 Å². The molecule has 2 aromatic carbocycles. The van der Waals surface area contributed by atoms with E-state index in [0.717, 1.165) is 43.6 Å². The highest BCUT2D eigenvalue weighted by Gasteiger charge is 2.24. The molecular formula is C22H26N2O2. The minimum Gasteiger partial charge on any atom is -0.454 e. The Balaban J connectivity index is 1.14. The monoisotopic (exact) mass is 350 g/mol. The Hall–Kier alpha value is -2.20. The van der Waals surface area contributed by atoms with E-state index in [0.29, 0.717) is 6.79 Å². The van der Waals surface area contributed by atoms with Crippen LogP contribution in [0.15, 0.2) is 42.5 Å². The summed E-state index contributed by atoms with van der Waals surface area (Å²) in [7, 11) is 0. The van der Waals surface area contributed by atoms with Gasteiger partial charge >= 0.3 is 0 Å². The number of hydrogen-bond acceptors (Lipinski definition) is 4. The summed E-state index contributed by atoms with van der Waals surface area (Å²) >= 11 is 0. The van der Waals surface area contributed by atoms with Crippen LogP contribution in [0.3, 0.4) is 0 Å². The second-order valence-corrected chi connectivity index (χ2v) is 7.59. The van der Waals surface area contributed by atoms with Crippen LogP contribution in [-0.4, -0.2) is 44.4 Å². The van der Waals surface area contributed by atoms with Crippen molar-refractivity contribution in [2.45, 2.75) is 25.2 Å². The van der Waals surface area contributed by atoms with E-state index in [9.17, 15) is 0 Å². The van der Waals surface area contributed by atoms with Crippen LogP contribution >= 0.6 is 0 Å². The summed E-state index contributed by atoms with van der Waals surface area (Å²) in [6, 6.07) is 15.3. The van der Waals surface area contributed by atoms with Crippen LogP contribution in [0.25, 0.3) is 0 Å². The van der Waals surface area contributed by atoms with Crippen LogP contribution < -0.4 is 14.4 Å². The zero-order valence-corrected chi connectivity index (χ0v) is 15.2. The third-order valence-electron chi connectivity index (χ3n) is 6.14. The molecule has 2 heterocycles. The zero-order chi connectivity index (χ0) is 17.3. The van der Waals surface area contributed by atoms with Crippen LogP contribution in [0.5, 0.6) is 11.5 Å². The number of rotatable bonds is 4. The van der Waals surface area contributed by atoms with Gasteiger partial charge in [-0.15, -0.1) is 0 Å². The Morgan fingerprint density at radius 2 is 1.77 bits per heavy atom. The quantitative estimate of drug-likeness (QED) is 0.840. The molecule has 0 saturated carbocycles. The highest BCUT2D eigenvalue weighted by atomic mass is 16.7. The Labute approximate surface area is 155 Å². The van der Waals surface area contributed by atoms with Gasteiger partial charge in [-0.2, -0.15) is 0 Å². The maximum atomic E-state index is 5.52. The lowest BCUT2D eigenvalue weighted by molar-refractivity contribution is 0.174.